The maximum atomic E-state index is 11.8. The minimum atomic E-state index is -3.19. The standard InChI is InChI=1S/C7H17Cl2N2O2P/c1-2-7-13-14(10,12)11(5-3-8)6-4-9/h2-7H2,1H3,(H2,10,12). The summed E-state index contributed by atoms with van der Waals surface area (Å²) >= 11 is 11.1. The molecule has 1 unspecified atom stereocenters. The average molecular weight is 263 g/mol. The molecule has 0 saturated heterocycles. The van der Waals surface area contributed by atoms with E-state index in [-0.39, 0.29) is 0 Å². The minimum Gasteiger partial charge on any atom is -0.306 e. The van der Waals surface area contributed by atoms with Crippen LogP contribution in [0.3, 0.4) is 0 Å². The summed E-state index contributed by atoms with van der Waals surface area (Å²) in [5.74, 6) is 0.709. The van der Waals surface area contributed by atoms with Crippen LogP contribution in [-0.4, -0.2) is 36.1 Å². The first-order valence-corrected chi connectivity index (χ1v) is 7.20. The van der Waals surface area contributed by atoms with Gasteiger partial charge in [-0.2, -0.15) is 0 Å². The van der Waals surface area contributed by atoms with Crippen LogP contribution in [0.2, 0.25) is 0 Å². The molecule has 14 heavy (non-hydrogen) atoms. The van der Waals surface area contributed by atoms with Crippen molar-refractivity contribution in [3.05, 3.63) is 0 Å². The van der Waals surface area contributed by atoms with Gasteiger partial charge in [-0.25, -0.2) is 10.2 Å². The summed E-state index contributed by atoms with van der Waals surface area (Å²) in [6, 6.07) is 0. The Kier molecular flexibility index (Phi) is 8.30. The average Bonchev–Trinajstić information content (AvgIpc) is 2.14. The summed E-state index contributed by atoms with van der Waals surface area (Å²) in [6.45, 7) is 3.15. The fourth-order valence-corrected chi connectivity index (χ4v) is 2.90. The fourth-order valence-electron chi connectivity index (χ4n) is 0.889. The first-order chi connectivity index (χ1) is 6.58. The van der Waals surface area contributed by atoms with Gasteiger partial charge < -0.3 is 4.52 Å². The Morgan fingerprint density at radius 1 is 1.36 bits per heavy atom. The quantitative estimate of drug-likeness (QED) is 0.539. The van der Waals surface area contributed by atoms with Crippen LogP contribution in [-0.2, 0) is 9.09 Å². The molecule has 0 rings (SSSR count). The zero-order valence-corrected chi connectivity index (χ0v) is 10.7. The van der Waals surface area contributed by atoms with Crippen LogP contribution in [0, 0.1) is 0 Å². The van der Waals surface area contributed by atoms with Crippen molar-refractivity contribution in [3.8, 4) is 0 Å². The third-order valence-corrected chi connectivity index (χ3v) is 3.64. The summed E-state index contributed by atoms with van der Waals surface area (Å²) in [4.78, 5) is 0. The van der Waals surface area contributed by atoms with E-state index in [1.807, 2.05) is 6.92 Å². The lowest BCUT2D eigenvalue weighted by Crippen LogP contribution is -2.29. The zero-order chi connectivity index (χ0) is 11.0. The molecule has 0 fully saturated rings. The zero-order valence-electron chi connectivity index (χ0n) is 8.29. The van der Waals surface area contributed by atoms with Crippen molar-refractivity contribution >= 4 is 30.9 Å². The van der Waals surface area contributed by atoms with Crippen molar-refractivity contribution in [2.75, 3.05) is 31.5 Å². The second kappa shape index (κ2) is 7.91. The molecule has 0 radical (unpaired) electrons. The highest BCUT2D eigenvalue weighted by molar-refractivity contribution is 7.53. The predicted octanol–water partition coefficient (Wildman–Crippen LogP) is 2.26. The van der Waals surface area contributed by atoms with Crippen molar-refractivity contribution in [1.29, 1.82) is 0 Å². The van der Waals surface area contributed by atoms with E-state index in [1.165, 1.54) is 4.67 Å². The number of halogens is 2. The van der Waals surface area contributed by atoms with E-state index in [2.05, 4.69) is 0 Å². The SMILES string of the molecule is CCCOP(N)(=O)N(CCCl)CCCl. The van der Waals surface area contributed by atoms with Gasteiger partial charge >= 0.3 is 7.67 Å². The van der Waals surface area contributed by atoms with Crippen LogP contribution in [0.4, 0.5) is 0 Å². The molecule has 0 aliphatic heterocycles. The van der Waals surface area contributed by atoms with Crippen LogP contribution >= 0.6 is 30.9 Å². The van der Waals surface area contributed by atoms with E-state index >= 15 is 0 Å². The van der Waals surface area contributed by atoms with Crippen molar-refractivity contribution < 1.29 is 9.09 Å². The highest BCUT2D eigenvalue weighted by Crippen LogP contribution is 2.42. The number of rotatable bonds is 8. The van der Waals surface area contributed by atoms with Crippen molar-refractivity contribution in [3.63, 3.8) is 0 Å². The molecule has 0 aliphatic rings. The first-order valence-electron chi connectivity index (χ1n) is 4.49. The number of hydrogen-bond donors (Lipinski definition) is 1. The van der Waals surface area contributed by atoms with E-state index in [1.54, 1.807) is 0 Å². The monoisotopic (exact) mass is 262 g/mol. The smallest absolute Gasteiger partial charge is 0.306 e. The predicted molar refractivity (Wildman–Crippen MR) is 61.0 cm³/mol. The van der Waals surface area contributed by atoms with Gasteiger partial charge in [-0.3, -0.25) is 4.57 Å². The van der Waals surface area contributed by atoms with Gasteiger partial charge in [-0.15, -0.1) is 23.2 Å². The molecule has 0 saturated carbocycles. The van der Waals surface area contributed by atoms with Gasteiger partial charge in [0.05, 0.1) is 6.61 Å². The molecule has 4 nitrogen and oxygen atoms in total. The van der Waals surface area contributed by atoms with Crippen molar-refractivity contribution in [2.45, 2.75) is 13.3 Å². The lowest BCUT2D eigenvalue weighted by Gasteiger charge is -2.26. The van der Waals surface area contributed by atoms with Crippen LogP contribution in [0.25, 0.3) is 0 Å². The van der Waals surface area contributed by atoms with E-state index in [9.17, 15) is 4.57 Å². The molecule has 0 heterocycles. The first kappa shape index (κ1) is 14.7. The summed E-state index contributed by atoms with van der Waals surface area (Å²) < 4.78 is 18.4. The van der Waals surface area contributed by atoms with Gasteiger partial charge in [0.25, 0.3) is 0 Å². The number of alkyl halides is 2. The largest absolute Gasteiger partial charge is 0.340 e. The highest BCUT2D eigenvalue weighted by atomic mass is 35.5. The maximum absolute atomic E-state index is 11.8. The third-order valence-electron chi connectivity index (χ3n) is 1.56. The molecule has 0 aromatic carbocycles. The van der Waals surface area contributed by atoms with E-state index in [4.69, 9.17) is 33.2 Å². The molecule has 2 N–H and O–H groups in total. The van der Waals surface area contributed by atoms with Crippen LogP contribution in [0.5, 0.6) is 0 Å². The second-order valence-corrected chi connectivity index (χ2v) is 5.44. The van der Waals surface area contributed by atoms with Gasteiger partial charge in [-0.05, 0) is 6.42 Å². The van der Waals surface area contributed by atoms with Crippen molar-refractivity contribution in [2.24, 2.45) is 5.50 Å². The minimum absolute atomic E-state index is 0.355. The number of hydrogen-bond acceptors (Lipinski definition) is 2. The Labute approximate surface area is 95.2 Å². The lowest BCUT2D eigenvalue weighted by atomic mass is 10.5. The number of nitrogens with zero attached hydrogens (tertiary/aromatic N) is 1. The Hall–Kier alpha value is 0.690. The van der Waals surface area contributed by atoms with E-state index in [0.717, 1.165) is 6.42 Å². The molecular weight excluding hydrogens is 246 g/mol. The van der Waals surface area contributed by atoms with Gasteiger partial charge in [0, 0.05) is 24.8 Å². The van der Waals surface area contributed by atoms with Crippen LogP contribution in [0.15, 0.2) is 0 Å². The van der Waals surface area contributed by atoms with Gasteiger partial charge in [-0.1, -0.05) is 6.92 Å². The van der Waals surface area contributed by atoms with Gasteiger partial charge in [0.2, 0.25) is 0 Å². The summed E-state index contributed by atoms with van der Waals surface area (Å²) in [5, 5.41) is 0. The molecule has 0 amide bonds. The Bertz CT molecular complexity index is 189. The Balaban J connectivity index is 4.21. The molecule has 7 heteroatoms. The van der Waals surface area contributed by atoms with Gasteiger partial charge in [0.1, 0.15) is 0 Å². The summed E-state index contributed by atoms with van der Waals surface area (Å²) in [7, 11) is -3.19. The number of nitrogens with two attached hydrogens (primary N) is 1. The summed E-state index contributed by atoms with van der Waals surface area (Å²) in [5.41, 5.74) is 5.56. The van der Waals surface area contributed by atoms with Crippen LogP contribution in [0.1, 0.15) is 13.3 Å². The molecule has 86 valence electrons. The molecule has 0 aromatic rings. The normalized spacial score (nSPS) is 15.8. The summed E-state index contributed by atoms with van der Waals surface area (Å²) in [6.07, 6.45) is 0.775. The van der Waals surface area contributed by atoms with E-state index < -0.39 is 7.67 Å². The molecule has 0 aromatic heterocycles. The van der Waals surface area contributed by atoms with Crippen molar-refractivity contribution in [1.82, 2.24) is 4.67 Å². The highest BCUT2D eigenvalue weighted by Gasteiger charge is 2.25. The molecule has 0 spiro atoms. The molecule has 0 aliphatic carbocycles. The molecule has 0 bridgehead atoms. The Morgan fingerprint density at radius 3 is 2.21 bits per heavy atom. The van der Waals surface area contributed by atoms with Gasteiger partial charge in [0.15, 0.2) is 0 Å². The van der Waals surface area contributed by atoms with Crippen LogP contribution < -0.4 is 5.50 Å². The Morgan fingerprint density at radius 2 is 1.86 bits per heavy atom. The molecule has 1 atom stereocenters. The second-order valence-electron chi connectivity index (χ2n) is 2.73. The van der Waals surface area contributed by atoms with E-state index in [0.29, 0.717) is 31.5 Å². The lowest BCUT2D eigenvalue weighted by molar-refractivity contribution is 0.266. The molecular formula is C7H17Cl2N2O2P. The topological polar surface area (TPSA) is 55.6 Å². The maximum Gasteiger partial charge on any atom is 0.340 e. The fraction of sp³-hybridized carbons (Fsp3) is 1.00. The third kappa shape index (κ3) is 5.54.